The Morgan fingerprint density at radius 3 is 2.76 bits per heavy atom. The van der Waals surface area contributed by atoms with Crippen molar-refractivity contribution >= 4 is 23.2 Å². The molecule has 1 amide bonds. The summed E-state index contributed by atoms with van der Waals surface area (Å²) in [6.45, 7) is 4.36. The second kappa shape index (κ2) is 10.5. The van der Waals surface area contributed by atoms with E-state index in [9.17, 15) is 4.79 Å². The van der Waals surface area contributed by atoms with Gasteiger partial charge in [-0.05, 0) is 43.9 Å². The molecule has 0 aliphatic carbocycles. The van der Waals surface area contributed by atoms with Crippen molar-refractivity contribution in [2.75, 3.05) is 32.1 Å². The van der Waals surface area contributed by atoms with Crippen molar-refractivity contribution in [3.63, 3.8) is 0 Å². The van der Waals surface area contributed by atoms with Crippen LogP contribution in [0.25, 0.3) is 0 Å². The van der Waals surface area contributed by atoms with Crippen LogP contribution in [0.4, 0.5) is 5.69 Å². The Morgan fingerprint density at radius 2 is 2.05 bits per heavy atom. The fraction of sp³-hybridized carbons (Fsp3) is 0.562. The number of unbranched alkanes of at least 4 members (excludes halogenated alkanes) is 2. The molecule has 0 spiro atoms. The van der Waals surface area contributed by atoms with E-state index in [2.05, 4.69) is 17.6 Å². The van der Waals surface area contributed by atoms with Crippen LogP contribution >= 0.6 is 11.6 Å². The molecule has 0 radical (unpaired) electrons. The van der Waals surface area contributed by atoms with Crippen LogP contribution in [-0.2, 0) is 4.74 Å². The van der Waals surface area contributed by atoms with E-state index in [0.717, 1.165) is 44.5 Å². The van der Waals surface area contributed by atoms with E-state index in [1.54, 1.807) is 19.2 Å². The number of ether oxygens (including phenoxy) is 1. The largest absolute Gasteiger partial charge is 0.385 e. The van der Waals surface area contributed by atoms with E-state index < -0.39 is 0 Å². The first kappa shape index (κ1) is 17.8. The van der Waals surface area contributed by atoms with Gasteiger partial charge in [0.1, 0.15) is 0 Å². The zero-order valence-electron chi connectivity index (χ0n) is 12.9. The lowest BCUT2D eigenvalue weighted by Gasteiger charge is -2.12. The third-order valence-electron chi connectivity index (χ3n) is 3.10. The minimum atomic E-state index is -0.0807. The third kappa shape index (κ3) is 6.82. The normalized spacial score (nSPS) is 10.4. The minimum Gasteiger partial charge on any atom is -0.385 e. The van der Waals surface area contributed by atoms with Gasteiger partial charge < -0.3 is 15.4 Å². The van der Waals surface area contributed by atoms with Gasteiger partial charge in [-0.1, -0.05) is 18.5 Å². The molecule has 0 fully saturated rings. The van der Waals surface area contributed by atoms with E-state index >= 15 is 0 Å². The Balaban J connectivity index is 2.50. The lowest BCUT2D eigenvalue weighted by molar-refractivity contribution is 0.0953. The van der Waals surface area contributed by atoms with Crippen molar-refractivity contribution < 1.29 is 9.53 Å². The molecule has 0 atom stereocenters. The molecule has 118 valence electrons. The summed E-state index contributed by atoms with van der Waals surface area (Å²) in [6, 6.07) is 5.35. The Bertz CT molecular complexity index is 438. The number of anilines is 1. The van der Waals surface area contributed by atoms with E-state index in [-0.39, 0.29) is 5.91 Å². The summed E-state index contributed by atoms with van der Waals surface area (Å²) in [5.74, 6) is -0.0807. The SMILES string of the molecule is CCCNc1ccc(Cl)cc1C(=O)NCCCCCOC. The number of benzene rings is 1. The summed E-state index contributed by atoms with van der Waals surface area (Å²) in [7, 11) is 1.70. The maximum atomic E-state index is 12.2. The van der Waals surface area contributed by atoms with Crippen molar-refractivity contribution in [1.29, 1.82) is 0 Å². The van der Waals surface area contributed by atoms with Gasteiger partial charge in [0.2, 0.25) is 0 Å². The number of nitrogens with one attached hydrogen (secondary N) is 2. The highest BCUT2D eigenvalue weighted by Crippen LogP contribution is 2.20. The quantitative estimate of drug-likeness (QED) is 0.648. The van der Waals surface area contributed by atoms with Gasteiger partial charge in [-0.3, -0.25) is 4.79 Å². The standard InChI is InChI=1S/C16H25ClN2O2/c1-3-9-18-15-8-7-13(17)12-14(15)16(20)19-10-5-4-6-11-21-2/h7-8,12,18H,3-6,9-11H2,1-2H3,(H,19,20). The van der Waals surface area contributed by atoms with Crippen molar-refractivity contribution in [2.24, 2.45) is 0 Å². The molecule has 0 bridgehead atoms. The molecule has 21 heavy (non-hydrogen) atoms. The van der Waals surface area contributed by atoms with Crippen LogP contribution in [0.2, 0.25) is 5.02 Å². The van der Waals surface area contributed by atoms with E-state index in [0.29, 0.717) is 17.1 Å². The molecule has 0 heterocycles. The first-order valence-corrected chi connectivity index (χ1v) is 7.87. The number of halogens is 1. The van der Waals surface area contributed by atoms with Crippen LogP contribution in [0.5, 0.6) is 0 Å². The highest BCUT2D eigenvalue weighted by Gasteiger charge is 2.11. The fourth-order valence-corrected chi connectivity index (χ4v) is 2.14. The zero-order chi connectivity index (χ0) is 15.5. The van der Waals surface area contributed by atoms with Crippen molar-refractivity contribution in [3.05, 3.63) is 28.8 Å². The van der Waals surface area contributed by atoms with Gasteiger partial charge in [0.15, 0.2) is 0 Å². The second-order valence-electron chi connectivity index (χ2n) is 4.93. The maximum absolute atomic E-state index is 12.2. The van der Waals surface area contributed by atoms with Gasteiger partial charge in [-0.2, -0.15) is 0 Å². The number of carbonyl (C=O) groups is 1. The topological polar surface area (TPSA) is 50.4 Å². The van der Waals surface area contributed by atoms with Crippen LogP contribution in [-0.4, -0.2) is 32.7 Å². The van der Waals surface area contributed by atoms with E-state index in [1.807, 2.05) is 6.07 Å². The molecular weight excluding hydrogens is 288 g/mol. The molecule has 0 saturated carbocycles. The molecule has 1 aromatic rings. The van der Waals surface area contributed by atoms with Crippen LogP contribution in [0.15, 0.2) is 18.2 Å². The second-order valence-corrected chi connectivity index (χ2v) is 5.36. The first-order chi connectivity index (χ1) is 10.2. The highest BCUT2D eigenvalue weighted by atomic mass is 35.5. The smallest absolute Gasteiger partial charge is 0.253 e. The predicted molar refractivity (Wildman–Crippen MR) is 88.3 cm³/mol. The van der Waals surface area contributed by atoms with E-state index in [4.69, 9.17) is 16.3 Å². The molecule has 5 heteroatoms. The average Bonchev–Trinajstić information content (AvgIpc) is 2.49. The molecule has 0 aliphatic heterocycles. The lowest BCUT2D eigenvalue weighted by atomic mass is 10.1. The summed E-state index contributed by atoms with van der Waals surface area (Å²) in [4.78, 5) is 12.2. The Hall–Kier alpha value is -1.26. The van der Waals surface area contributed by atoms with Crippen LogP contribution in [0.1, 0.15) is 43.0 Å². The zero-order valence-corrected chi connectivity index (χ0v) is 13.6. The van der Waals surface area contributed by atoms with Crippen LogP contribution in [0.3, 0.4) is 0 Å². The summed E-state index contributed by atoms with van der Waals surface area (Å²) in [5, 5.41) is 6.77. The predicted octanol–water partition coefficient (Wildman–Crippen LogP) is 3.71. The molecule has 0 aromatic heterocycles. The Morgan fingerprint density at radius 1 is 1.24 bits per heavy atom. The Labute approximate surface area is 132 Å². The van der Waals surface area contributed by atoms with Gasteiger partial charge in [0, 0.05) is 37.5 Å². The fourth-order valence-electron chi connectivity index (χ4n) is 1.96. The number of carbonyl (C=O) groups excluding carboxylic acids is 1. The van der Waals surface area contributed by atoms with Gasteiger partial charge in [-0.25, -0.2) is 0 Å². The molecule has 0 unspecified atom stereocenters. The van der Waals surface area contributed by atoms with Crippen LogP contribution in [0, 0.1) is 0 Å². The molecule has 0 aliphatic rings. The molecule has 1 rings (SSSR count). The van der Waals surface area contributed by atoms with Gasteiger partial charge in [-0.15, -0.1) is 0 Å². The number of hydrogen-bond donors (Lipinski definition) is 2. The summed E-state index contributed by atoms with van der Waals surface area (Å²) >= 11 is 5.99. The summed E-state index contributed by atoms with van der Waals surface area (Å²) in [5.41, 5.74) is 1.44. The van der Waals surface area contributed by atoms with E-state index in [1.165, 1.54) is 0 Å². The van der Waals surface area contributed by atoms with Gasteiger partial charge in [0.25, 0.3) is 5.91 Å². The Kier molecular flexibility index (Phi) is 8.87. The number of methoxy groups -OCH3 is 1. The van der Waals surface area contributed by atoms with Crippen molar-refractivity contribution in [2.45, 2.75) is 32.6 Å². The number of hydrogen-bond acceptors (Lipinski definition) is 3. The van der Waals surface area contributed by atoms with Crippen molar-refractivity contribution in [1.82, 2.24) is 5.32 Å². The highest BCUT2D eigenvalue weighted by molar-refractivity contribution is 6.31. The van der Waals surface area contributed by atoms with Gasteiger partial charge in [0.05, 0.1) is 5.56 Å². The van der Waals surface area contributed by atoms with Crippen molar-refractivity contribution in [3.8, 4) is 0 Å². The molecule has 4 nitrogen and oxygen atoms in total. The molecular formula is C16H25ClN2O2. The molecule has 1 aromatic carbocycles. The monoisotopic (exact) mass is 312 g/mol. The molecule has 2 N–H and O–H groups in total. The first-order valence-electron chi connectivity index (χ1n) is 7.49. The van der Waals surface area contributed by atoms with Crippen LogP contribution < -0.4 is 10.6 Å². The maximum Gasteiger partial charge on any atom is 0.253 e. The lowest BCUT2D eigenvalue weighted by Crippen LogP contribution is -2.25. The third-order valence-corrected chi connectivity index (χ3v) is 3.34. The number of amides is 1. The number of rotatable bonds is 10. The minimum absolute atomic E-state index is 0.0807. The summed E-state index contributed by atoms with van der Waals surface area (Å²) < 4.78 is 4.99. The average molecular weight is 313 g/mol. The van der Waals surface area contributed by atoms with Gasteiger partial charge >= 0.3 is 0 Å². The molecule has 0 saturated heterocycles. The summed E-state index contributed by atoms with van der Waals surface area (Å²) in [6.07, 6.45) is 4.02.